The van der Waals surface area contributed by atoms with Crippen LogP contribution >= 0.6 is 27.3 Å². The van der Waals surface area contributed by atoms with Gasteiger partial charge in [0.25, 0.3) is 0 Å². The Labute approximate surface area is 120 Å². The average Bonchev–Trinajstić information content (AvgIpc) is 2.81. The Morgan fingerprint density at radius 2 is 2.06 bits per heavy atom. The van der Waals surface area contributed by atoms with Crippen molar-refractivity contribution in [3.05, 3.63) is 38.9 Å². The molecule has 2 heterocycles. The summed E-state index contributed by atoms with van der Waals surface area (Å²) in [5.41, 5.74) is 1.28. The molecule has 0 spiro atoms. The maximum absolute atomic E-state index is 4.53. The SMILES string of the molecule is CC(C)c1nc(Br)cc(NC(C)c2ccsc2)n1. The van der Waals surface area contributed by atoms with Crippen LogP contribution in [0.2, 0.25) is 0 Å². The minimum Gasteiger partial charge on any atom is -0.363 e. The molecular formula is C13H16BrN3S. The molecule has 0 amide bonds. The summed E-state index contributed by atoms with van der Waals surface area (Å²) in [4.78, 5) is 8.91. The van der Waals surface area contributed by atoms with Crippen molar-refractivity contribution < 1.29 is 0 Å². The molecule has 0 bridgehead atoms. The van der Waals surface area contributed by atoms with Crippen LogP contribution in [0, 0.1) is 0 Å². The summed E-state index contributed by atoms with van der Waals surface area (Å²) < 4.78 is 0.821. The van der Waals surface area contributed by atoms with Gasteiger partial charge in [0.15, 0.2) is 0 Å². The molecule has 0 aliphatic carbocycles. The molecule has 0 saturated heterocycles. The highest BCUT2D eigenvalue weighted by molar-refractivity contribution is 9.10. The molecule has 2 rings (SSSR count). The van der Waals surface area contributed by atoms with E-state index in [0.29, 0.717) is 5.92 Å². The predicted molar refractivity (Wildman–Crippen MR) is 80.2 cm³/mol. The third-order valence-corrected chi connectivity index (χ3v) is 3.74. The highest BCUT2D eigenvalue weighted by Gasteiger charge is 2.10. The Hall–Kier alpha value is -0.940. The first-order valence-corrected chi connectivity index (χ1v) is 7.63. The van der Waals surface area contributed by atoms with Gasteiger partial charge in [-0.15, -0.1) is 0 Å². The Kier molecular flexibility index (Phi) is 4.35. The Balaban J connectivity index is 2.18. The van der Waals surface area contributed by atoms with Crippen molar-refractivity contribution in [2.24, 2.45) is 0 Å². The standard InChI is InChI=1S/C13H16BrN3S/c1-8(2)13-16-11(14)6-12(17-13)15-9(3)10-4-5-18-7-10/h4-9H,1-3H3,(H,15,16,17). The molecule has 1 unspecified atom stereocenters. The zero-order chi connectivity index (χ0) is 13.1. The van der Waals surface area contributed by atoms with E-state index in [0.717, 1.165) is 16.2 Å². The van der Waals surface area contributed by atoms with Crippen LogP contribution in [0.25, 0.3) is 0 Å². The molecule has 96 valence electrons. The lowest BCUT2D eigenvalue weighted by Gasteiger charge is -2.15. The number of nitrogens with one attached hydrogen (secondary N) is 1. The smallest absolute Gasteiger partial charge is 0.134 e. The van der Waals surface area contributed by atoms with Gasteiger partial charge in [-0.1, -0.05) is 13.8 Å². The van der Waals surface area contributed by atoms with Gasteiger partial charge in [0.05, 0.1) is 6.04 Å². The lowest BCUT2D eigenvalue weighted by Crippen LogP contribution is -2.09. The van der Waals surface area contributed by atoms with Crippen LogP contribution in [0.3, 0.4) is 0 Å². The molecule has 2 aromatic rings. The Morgan fingerprint density at radius 3 is 2.67 bits per heavy atom. The summed E-state index contributed by atoms with van der Waals surface area (Å²) in [7, 11) is 0. The monoisotopic (exact) mass is 325 g/mol. The lowest BCUT2D eigenvalue weighted by molar-refractivity contribution is 0.764. The summed E-state index contributed by atoms with van der Waals surface area (Å²) in [6.45, 7) is 6.31. The van der Waals surface area contributed by atoms with E-state index in [2.05, 4.69) is 68.8 Å². The van der Waals surface area contributed by atoms with Crippen molar-refractivity contribution >= 4 is 33.1 Å². The highest BCUT2D eigenvalue weighted by atomic mass is 79.9. The fraction of sp³-hybridized carbons (Fsp3) is 0.385. The van der Waals surface area contributed by atoms with Crippen LogP contribution in [-0.2, 0) is 0 Å². The van der Waals surface area contributed by atoms with Crippen LogP contribution < -0.4 is 5.32 Å². The third kappa shape index (κ3) is 3.29. The number of aromatic nitrogens is 2. The number of rotatable bonds is 4. The van der Waals surface area contributed by atoms with Crippen LogP contribution in [0.15, 0.2) is 27.5 Å². The number of hydrogen-bond acceptors (Lipinski definition) is 4. The summed E-state index contributed by atoms with van der Waals surface area (Å²) >= 11 is 5.14. The first-order valence-electron chi connectivity index (χ1n) is 5.89. The normalized spacial score (nSPS) is 12.7. The fourth-order valence-corrected chi connectivity index (χ4v) is 2.75. The van der Waals surface area contributed by atoms with E-state index >= 15 is 0 Å². The highest BCUT2D eigenvalue weighted by Crippen LogP contribution is 2.23. The number of halogens is 1. The zero-order valence-corrected chi connectivity index (χ0v) is 13.0. The van der Waals surface area contributed by atoms with E-state index in [1.807, 2.05) is 6.07 Å². The second kappa shape index (κ2) is 5.80. The van der Waals surface area contributed by atoms with Gasteiger partial charge in [0, 0.05) is 12.0 Å². The van der Waals surface area contributed by atoms with Gasteiger partial charge in [-0.2, -0.15) is 11.3 Å². The van der Waals surface area contributed by atoms with Gasteiger partial charge in [-0.25, -0.2) is 9.97 Å². The van der Waals surface area contributed by atoms with Gasteiger partial charge in [0.2, 0.25) is 0 Å². The van der Waals surface area contributed by atoms with Crippen LogP contribution in [0.5, 0.6) is 0 Å². The van der Waals surface area contributed by atoms with Crippen molar-refractivity contribution in [1.29, 1.82) is 0 Å². The first kappa shape index (κ1) is 13.5. The topological polar surface area (TPSA) is 37.8 Å². The van der Waals surface area contributed by atoms with Gasteiger partial charge in [-0.3, -0.25) is 0 Å². The third-order valence-electron chi connectivity index (χ3n) is 2.64. The molecule has 5 heteroatoms. The number of anilines is 1. The van der Waals surface area contributed by atoms with Gasteiger partial charge >= 0.3 is 0 Å². The van der Waals surface area contributed by atoms with Crippen molar-refractivity contribution in [2.75, 3.05) is 5.32 Å². The predicted octanol–water partition coefficient (Wildman–Crippen LogP) is 4.60. The molecule has 0 aliphatic rings. The van der Waals surface area contributed by atoms with E-state index < -0.39 is 0 Å². The molecule has 2 aromatic heterocycles. The van der Waals surface area contributed by atoms with E-state index in [-0.39, 0.29) is 6.04 Å². The van der Waals surface area contributed by atoms with Crippen molar-refractivity contribution in [2.45, 2.75) is 32.7 Å². The minimum absolute atomic E-state index is 0.248. The maximum atomic E-state index is 4.53. The first-order chi connectivity index (χ1) is 8.56. The second-order valence-corrected chi connectivity index (χ2v) is 6.10. The molecule has 0 aromatic carbocycles. The fourth-order valence-electron chi connectivity index (χ4n) is 1.59. The number of thiophene rings is 1. The van der Waals surface area contributed by atoms with Gasteiger partial charge in [0.1, 0.15) is 16.2 Å². The quantitative estimate of drug-likeness (QED) is 0.835. The number of nitrogens with zero attached hydrogens (tertiary/aromatic N) is 2. The average molecular weight is 326 g/mol. The molecule has 18 heavy (non-hydrogen) atoms. The summed E-state index contributed by atoms with van der Waals surface area (Å²) in [5.74, 6) is 2.03. The van der Waals surface area contributed by atoms with Crippen LogP contribution in [-0.4, -0.2) is 9.97 Å². The van der Waals surface area contributed by atoms with Crippen molar-refractivity contribution in [1.82, 2.24) is 9.97 Å². The molecular weight excluding hydrogens is 310 g/mol. The second-order valence-electron chi connectivity index (χ2n) is 4.51. The van der Waals surface area contributed by atoms with Crippen LogP contribution in [0.4, 0.5) is 5.82 Å². The van der Waals surface area contributed by atoms with E-state index in [1.54, 1.807) is 11.3 Å². The van der Waals surface area contributed by atoms with E-state index in [4.69, 9.17) is 0 Å². The molecule has 1 N–H and O–H groups in total. The van der Waals surface area contributed by atoms with Crippen molar-refractivity contribution in [3.63, 3.8) is 0 Å². The molecule has 0 saturated carbocycles. The van der Waals surface area contributed by atoms with Gasteiger partial charge < -0.3 is 5.32 Å². The minimum atomic E-state index is 0.248. The maximum Gasteiger partial charge on any atom is 0.134 e. The van der Waals surface area contributed by atoms with E-state index in [1.165, 1.54) is 5.56 Å². The molecule has 3 nitrogen and oxygen atoms in total. The van der Waals surface area contributed by atoms with E-state index in [9.17, 15) is 0 Å². The Morgan fingerprint density at radius 1 is 1.28 bits per heavy atom. The molecule has 0 aliphatic heterocycles. The van der Waals surface area contributed by atoms with Crippen LogP contribution in [0.1, 0.15) is 44.1 Å². The summed E-state index contributed by atoms with van der Waals surface area (Å²) in [6.07, 6.45) is 0. The summed E-state index contributed by atoms with van der Waals surface area (Å²) in [6, 6.07) is 4.29. The lowest BCUT2D eigenvalue weighted by atomic mass is 10.2. The Bertz CT molecular complexity index is 511. The zero-order valence-electron chi connectivity index (χ0n) is 10.6. The molecule has 0 fully saturated rings. The number of hydrogen-bond donors (Lipinski definition) is 1. The van der Waals surface area contributed by atoms with Gasteiger partial charge in [-0.05, 0) is 45.2 Å². The van der Waals surface area contributed by atoms with Crippen molar-refractivity contribution in [3.8, 4) is 0 Å². The largest absolute Gasteiger partial charge is 0.363 e. The summed E-state index contributed by atoms with van der Waals surface area (Å²) in [5, 5.41) is 7.64. The molecule has 0 radical (unpaired) electrons. The molecule has 1 atom stereocenters.